The lowest BCUT2D eigenvalue weighted by molar-refractivity contribution is -0.126. The summed E-state index contributed by atoms with van der Waals surface area (Å²) in [4.78, 5) is 14.4. The highest BCUT2D eigenvalue weighted by atomic mass is 35.5. The standard InChI is InChI=1S/C20H20ClNO3S/c21-19-9-5-4-6-16(19)10-11-20(23)22-14-12-18(13-15-22)26(24,25)17-7-2-1-3-8-17/h1-11,18H,12-15H2. The number of hydrogen-bond donors (Lipinski definition) is 0. The van der Waals surface area contributed by atoms with E-state index >= 15 is 0 Å². The number of carbonyl (C=O) groups excluding carboxylic acids is 1. The number of halogens is 1. The second kappa shape index (κ2) is 8.06. The van der Waals surface area contributed by atoms with Crippen molar-refractivity contribution in [1.82, 2.24) is 4.90 Å². The number of hydrogen-bond acceptors (Lipinski definition) is 3. The van der Waals surface area contributed by atoms with Gasteiger partial charge >= 0.3 is 0 Å². The molecular formula is C20H20ClNO3S. The van der Waals surface area contributed by atoms with Gasteiger partial charge in [-0.05, 0) is 42.7 Å². The van der Waals surface area contributed by atoms with Crippen molar-refractivity contribution < 1.29 is 13.2 Å². The van der Waals surface area contributed by atoms with Crippen LogP contribution in [0.2, 0.25) is 5.02 Å². The number of likely N-dealkylation sites (tertiary alicyclic amines) is 1. The Bertz CT molecular complexity index is 902. The molecule has 26 heavy (non-hydrogen) atoms. The Kier molecular flexibility index (Phi) is 5.79. The van der Waals surface area contributed by atoms with Gasteiger partial charge in [-0.25, -0.2) is 8.42 Å². The fourth-order valence-electron chi connectivity index (χ4n) is 3.07. The van der Waals surface area contributed by atoms with Crippen molar-refractivity contribution >= 4 is 33.4 Å². The molecule has 0 N–H and O–H groups in total. The average molecular weight is 390 g/mol. The van der Waals surface area contributed by atoms with E-state index in [0.29, 0.717) is 35.8 Å². The maximum atomic E-state index is 12.7. The van der Waals surface area contributed by atoms with Crippen LogP contribution >= 0.6 is 11.6 Å². The third kappa shape index (κ3) is 4.17. The molecule has 1 aliphatic rings. The summed E-state index contributed by atoms with van der Waals surface area (Å²) < 4.78 is 25.4. The van der Waals surface area contributed by atoms with Crippen LogP contribution < -0.4 is 0 Å². The van der Waals surface area contributed by atoms with Crippen LogP contribution in [-0.4, -0.2) is 37.6 Å². The quantitative estimate of drug-likeness (QED) is 0.747. The van der Waals surface area contributed by atoms with Gasteiger partial charge in [-0.2, -0.15) is 0 Å². The lowest BCUT2D eigenvalue weighted by Crippen LogP contribution is -2.41. The number of carbonyl (C=O) groups is 1. The van der Waals surface area contributed by atoms with Crippen LogP contribution in [0, 0.1) is 0 Å². The van der Waals surface area contributed by atoms with E-state index in [9.17, 15) is 13.2 Å². The Morgan fingerprint density at radius 2 is 1.62 bits per heavy atom. The molecule has 4 nitrogen and oxygen atoms in total. The summed E-state index contributed by atoms with van der Waals surface area (Å²) in [6.45, 7) is 0.866. The van der Waals surface area contributed by atoms with Gasteiger partial charge in [0.15, 0.2) is 9.84 Å². The first-order chi connectivity index (χ1) is 12.5. The molecule has 0 unspecified atom stereocenters. The van der Waals surface area contributed by atoms with Gasteiger partial charge in [0.2, 0.25) is 5.91 Å². The molecule has 136 valence electrons. The van der Waals surface area contributed by atoms with Crippen LogP contribution in [0.3, 0.4) is 0 Å². The van der Waals surface area contributed by atoms with E-state index in [0.717, 1.165) is 5.56 Å². The Balaban J connectivity index is 1.62. The minimum absolute atomic E-state index is 0.125. The predicted molar refractivity (Wildman–Crippen MR) is 104 cm³/mol. The molecule has 1 amide bonds. The minimum atomic E-state index is -3.35. The molecule has 0 aromatic heterocycles. The first-order valence-electron chi connectivity index (χ1n) is 8.49. The minimum Gasteiger partial charge on any atom is -0.339 e. The molecular weight excluding hydrogens is 370 g/mol. The molecule has 1 fully saturated rings. The van der Waals surface area contributed by atoms with Crippen LogP contribution in [0.25, 0.3) is 6.08 Å². The van der Waals surface area contributed by atoms with Gasteiger partial charge in [0, 0.05) is 24.2 Å². The lowest BCUT2D eigenvalue weighted by atomic mass is 10.1. The van der Waals surface area contributed by atoms with E-state index in [1.807, 2.05) is 18.2 Å². The van der Waals surface area contributed by atoms with Crippen LogP contribution in [0.1, 0.15) is 18.4 Å². The predicted octanol–water partition coefficient (Wildman–Crippen LogP) is 3.82. The summed E-state index contributed by atoms with van der Waals surface area (Å²) in [5.41, 5.74) is 0.782. The van der Waals surface area contributed by atoms with Gasteiger partial charge < -0.3 is 4.90 Å². The third-order valence-electron chi connectivity index (χ3n) is 4.57. The average Bonchev–Trinajstić information content (AvgIpc) is 2.68. The Hall–Kier alpha value is -2.11. The number of rotatable bonds is 4. The molecule has 1 aliphatic heterocycles. The smallest absolute Gasteiger partial charge is 0.246 e. The van der Waals surface area contributed by atoms with Gasteiger partial charge in [-0.15, -0.1) is 0 Å². The van der Waals surface area contributed by atoms with Crippen LogP contribution in [0.4, 0.5) is 0 Å². The number of nitrogens with zero attached hydrogens (tertiary/aromatic N) is 1. The van der Waals surface area contributed by atoms with E-state index < -0.39 is 15.1 Å². The molecule has 2 aromatic rings. The van der Waals surface area contributed by atoms with Crippen molar-refractivity contribution in [3.8, 4) is 0 Å². The summed E-state index contributed by atoms with van der Waals surface area (Å²) in [5, 5.41) is 0.144. The highest BCUT2D eigenvalue weighted by Crippen LogP contribution is 2.25. The Morgan fingerprint density at radius 1 is 1.00 bits per heavy atom. The van der Waals surface area contributed by atoms with Gasteiger partial charge in [-0.1, -0.05) is 48.0 Å². The maximum Gasteiger partial charge on any atom is 0.246 e. The zero-order chi connectivity index (χ0) is 18.6. The summed E-state index contributed by atoms with van der Waals surface area (Å²) in [5.74, 6) is -0.125. The molecule has 1 saturated heterocycles. The van der Waals surface area contributed by atoms with E-state index in [4.69, 9.17) is 11.6 Å². The number of amides is 1. The van der Waals surface area contributed by atoms with Crippen LogP contribution in [0.15, 0.2) is 65.6 Å². The summed E-state index contributed by atoms with van der Waals surface area (Å²) in [6, 6.07) is 15.8. The van der Waals surface area contributed by atoms with Crippen molar-refractivity contribution in [3.63, 3.8) is 0 Å². The van der Waals surface area contributed by atoms with E-state index in [1.165, 1.54) is 6.08 Å². The molecule has 1 heterocycles. The third-order valence-corrected chi connectivity index (χ3v) is 7.20. The monoisotopic (exact) mass is 389 g/mol. The molecule has 0 aliphatic carbocycles. The van der Waals surface area contributed by atoms with Gasteiger partial charge in [0.25, 0.3) is 0 Å². The van der Waals surface area contributed by atoms with Crippen LogP contribution in [-0.2, 0) is 14.6 Å². The van der Waals surface area contributed by atoms with Gasteiger partial charge in [0.05, 0.1) is 10.1 Å². The summed E-state index contributed by atoms with van der Waals surface area (Å²) in [7, 11) is -3.35. The number of piperidine rings is 1. The molecule has 2 aromatic carbocycles. The second-order valence-electron chi connectivity index (χ2n) is 6.24. The molecule has 0 bridgehead atoms. The molecule has 0 radical (unpaired) electrons. The largest absolute Gasteiger partial charge is 0.339 e. The summed E-state index contributed by atoms with van der Waals surface area (Å²) >= 11 is 6.08. The molecule has 3 rings (SSSR count). The highest BCUT2D eigenvalue weighted by Gasteiger charge is 2.32. The topological polar surface area (TPSA) is 54.5 Å². The van der Waals surface area contributed by atoms with E-state index in [2.05, 4.69) is 0 Å². The van der Waals surface area contributed by atoms with Crippen molar-refractivity contribution in [2.24, 2.45) is 0 Å². The zero-order valence-corrected chi connectivity index (χ0v) is 15.8. The van der Waals surface area contributed by atoms with Crippen molar-refractivity contribution in [2.45, 2.75) is 23.0 Å². The van der Waals surface area contributed by atoms with Crippen molar-refractivity contribution in [2.75, 3.05) is 13.1 Å². The molecule has 0 spiro atoms. The van der Waals surface area contributed by atoms with Gasteiger partial charge in [-0.3, -0.25) is 4.79 Å². The second-order valence-corrected chi connectivity index (χ2v) is 8.87. The summed E-state index contributed by atoms with van der Waals surface area (Å²) in [6.07, 6.45) is 4.08. The molecule has 0 saturated carbocycles. The fourth-order valence-corrected chi connectivity index (χ4v) is 5.02. The normalized spacial score (nSPS) is 16.1. The van der Waals surface area contributed by atoms with Crippen molar-refractivity contribution in [1.29, 1.82) is 0 Å². The highest BCUT2D eigenvalue weighted by molar-refractivity contribution is 7.92. The van der Waals surface area contributed by atoms with Gasteiger partial charge in [0.1, 0.15) is 0 Å². The molecule has 0 atom stereocenters. The first-order valence-corrected chi connectivity index (χ1v) is 10.4. The Morgan fingerprint density at radius 3 is 2.27 bits per heavy atom. The lowest BCUT2D eigenvalue weighted by Gasteiger charge is -2.31. The SMILES string of the molecule is O=C(C=Cc1ccccc1Cl)N1CCC(S(=O)(=O)c2ccccc2)CC1. The zero-order valence-electron chi connectivity index (χ0n) is 14.2. The van der Waals surface area contributed by atoms with Crippen molar-refractivity contribution in [3.05, 3.63) is 71.3 Å². The number of sulfone groups is 1. The molecule has 6 heteroatoms. The van der Waals surface area contributed by atoms with Crippen LogP contribution in [0.5, 0.6) is 0 Å². The van der Waals surface area contributed by atoms with E-state index in [1.54, 1.807) is 47.4 Å². The Labute approximate surface area is 159 Å². The first kappa shape index (κ1) is 18.7. The number of benzene rings is 2. The fraction of sp³-hybridized carbons (Fsp3) is 0.250. The van der Waals surface area contributed by atoms with E-state index in [-0.39, 0.29) is 5.91 Å². The maximum absolute atomic E-state index is 12.7.